The minimum absolute atomic E-state index is 0.151. The van der Waals surface area contributed by atoms with Crippen LogP contribution in [0.15, 0.2) is 36.5 Å². The van der Waals surface area contributed by atoms with Crippen molar-refractivity contribution >= 4 is 11.9 Å². The monoisotopic (exact) mass is 330 g/mol. The Kier molecular flexibility index (Phi) is 6.24. The molecule has 1 aromatic heterocycles. The topological polar surface area (TPSA) is 87.6 Å². The van der Waals surface area contributed by atoms with E-state index in [0.29, 0.717) is 23.7 Å². The Hall–Kier alpha value is -2.96. The second-order valence-corrected chi connectivity index (χ2v) is 4.60. The highest BCUT2D eigenvalue weighted by Gasteiger charge is 2.11. The van der Waals surface area contributed by atoms with Crippen molar-refractivity contribution in [1.29, 1.82) is 0 Å². The molecule has 0 fully saturated rings. The van der Waals surface area contributed by atoms with Crippen molar-refractivity contribution in [3.05, 3.63) is 42.2 Å². The Morgan fingerprint density at radius 1 is 1.00 bits per heavy atom. The maximum Gasteiger partial charge on any atom is 0.357 e. The zero-order chi connectivity index (χ0) is 17.4. The highest BCUT2D eigenvalue weighted by molar-refractivity contribution is 5.87. The van der Waals surface area contributed by atoms with Crippen molar-refractivity contribution in [3.63, 3.8) is 0 Å². The van der Waals surface area contributed by atoms with Crippen LogP contribution in [0.3, 0.4) is 0 Å². The van der Waals surface area contributed by atoms with Gasteiger partial charge in [-0.1, -0.05) is 0 Å². The zero-order valence-electron chi connectivity index (χ0n) is 13.5. The summed E-state index contributed by atoms with van der Waals surface area (Å²) >= 11 is 0. The van der Waals surface area contributed by atoms with Crippen LogP contribution < -0.4 is 4.74 Å². The lowest BCUT2D eigenvalue weighted by Crippen LogP contribution is -2.14. The van der Waals surface area contributed by atoms with Gasteiger partial charge in [-0.2, -0.15) is 0 Å². The summed E-state index contributed by atoms with van der Waals surface area (Å²) in [5.74, 6) is 0.00781. The fourth-order valence-corrected chi connectivity index (χ4v) is 1.86. The van der Waals surface area contributed by atoms with Gasteiger partial charge >= 0.3 is 11.9 Å². The summed E-state index contributed by atoms with van der Waals surface area (Å²) in [6, 6.07) is 8.36. The van der Waals surface area contributed by atoms with E-state index >= 15 is 0 Å². The number of aromatic nitrogens is 2. The smallest absolute Gasteiger partial charge is 0.357 e. The number of rotatable bonds is 7. The fourth-order valence-electron chi connectivity index (χ4n) is 1.86. The first-order valence-electron chi connectivity index (χ1n) is 7.53. The third-order valence-corrected chi connectivity index (χ3v) is 2.91. The molecular weight excluding hydrogens is 312 g/mol. The molecule has 7 heteroatoms. The summed E-state index contributed by atoms with van der Waals surface area (Å²) in [6.07, 6.45) is 1.50. The SMILES string of the molecule is CCOC(=O)COc1ccc(-c2nccc(C(=O)OCC)n2)cc1. The second-order valence-electron chi connectivity index (χ2n) is 4.60. The number of hydrogen-bond donors (Lipinski definition) is 0. The summed E-state index contributed by atoms with van der Waals surface area (Å²) < 4.78 is 15.0. The number of nitrogens with zero attached hydrogens (tertiary/aromatic N) is 2. The average molecular weight is 330 g/mol. The molecule has 0 aliphatic heterocycles. The summed E-state index contributed by atoms with van der Waals surface area (Å²) in [5.41, 5.74) is 0.911. The van der Waals surface area contributed by atoms with E-state index in [9.17, 15) is 9.59 Å². The first kappa shape index (κ1) is 17.4. The zero-order valence-corrected chi connectivity index (χ0v) is 13.5. The van der Waals surface area contributed by atoms with Gasteiger partial charge in [0.05, 0.1) is 13.2 Å². The fraction of sp³-hybridized carbons (Fsp3) is 0.294. The molecular formula is C17H18N2O5. The molecule has 0 aliphatic carbocycles. The molecule has 0 amide bonds. The molecule has 24 heavy (non-hydrogen) atoms. The predicted molar refractivity (Wildman–Crippen MR) is 85.6 cm³/mol. The Bertz CT molecular complexity index is 700. The molecule has 0 N–H and O–H groups in total. The van der Waals surface area contributed by atoms with E-state index in [4.69, 9.17) is 14.2 Å². The maximum atomic E-state index is 11.7. The van der Waals surface area contributed by atoms with Crippen molar-refractivity contribution in [3.8, 4) is 17.1 Å². The molecule has 2 aromatic rings. The second kappa shape index (κ2) is 8.61. The highest BCUT2D eigenvalue weighted by atomic mass is 16.6. The van der Waals surface area contributed by atoms with E-state index in [0.717, 1.165) is 0 Å². The number of hydrogen-bond acceptors (Lipinski definition) is 7. The predicted octanol–water partition coefficient (Wildman–Crippen LogP) is 2.26. The van der Waals surface area contributed by atoms with E-state index in [-0.39, 0.29) is 18.9 Å². The summed E-state index contributed by atoms with van der Waals surface area (Å²) in [6.45, 7) is 3.91. The Balaban J connectivity index is 2.06. The maximum absolute atomic E-state index is 11.7. The first-order valence-corrected chi connectivity index (χ1v) is 7.53. The lowest BCUT2D eigenvalue weighted by atomic mass is 10.2. The highest BCUT2D eigenvalue weighted by Crippen LogP contribution is 2.19. The van der Waals surface area contributed by atoms with Crippen molar-refractivity contribution in [1.82, 2.24) is 9.97 Å². The number of carbonyl (C=O) groups is 2. The summed E-state index contributed by atoms with van der Waals surface area (Å²) in [7, 11) is 0. The first-order chi connectivity index (χ1) is 11.6. The van der Waals surface area contributed by atoms with E-state index in [1.54, 1.807) is 38.1 Å². The molecule has 1 heterocycles. The molecule has 7 nitrogen and oxygen atoms in total. The van der Waals surface area contributed by atoms with E-state index in [1.165, 1.54) is 12.3 Å². The van der Waals surface area contributed by atoms with Crippen molar-refractivity contribution in [2.45, 2.75) is 13.8 Å². The van der Waals surface area contributed by atoms with Gasteiger partial charge in [-0.15, -0.1) is 0 Å². The van der Waals surface area contributed by atoms with Crippen LogP contribution >= 0.6 is 0 Å². The van der Waals surface area contributed by atoms with Gasteiger partial charge in [-0.3, -0.25) is 0 Å². The van der Waals surface area contributed by atoms with E-state index in [2.05, 4.69) is 9.97 Å². The number of carbonyl (C=O) groups excluding carboxylic acids is 2. The minimum atomic E-state index is -0.490. The average Bonchev–Trinajstić information content (AvgIpc) is 2.61. The van der Waals surface area contributed by atoms with Crippen LogP contribution in [-0.4, -0.2) is 41.7 Å². The molecule has 0 spiro atoms. The van der Waals surface area contributed by atoms with Gasteiger partial charge in [0.1, 0.15) is 5.75 Å². The van der Waals surface area contributed by atoms with Gasteiger partial charge in [-0.05, 0) is 44.2 Å². The molecule has 0 bridgehead atoms. The van der Waals surface area contributed by atoms with Gasteiger partial charge in [-0.25, -0.2) is 19.6 Å². The number of ether oxygens (including phenoxy) is 3. The summed E-state index contributed by atoms with van der Waals surface area (Å²) in [4.78, 5) is 31.3. The molecule has 0 atom stereocenters. The van der Waals surface area contributed by atoms with Crippen molar-refractivity contribution < 1.29 is 23.8 Å². The van der Waals surface area contributed by atoms with Gasteiger partial charge in [0.2, 0.25) is 0 Å². The van der Waals surface area contributed by atoms with Crippen LogP contribution in [0, 0.1) is 0 Å². The lowest BCUT2D eigenvalue weighted by molar-refractivity contribution is -0.145. The van der Waals surface area contributed by atoms with Crippen LogP contribution in [0.25, 0.3) is 11.4 Å². The van der Waals surface area contributed by atoms with Gasteiger partial charge in [0.25, 0.3) is 0 Å². The molecule has 0 unspecified atom stereocenters. The standard InChI is InChI=1S/C17H18N2O5/c1-3-22-15(20)11-24-13-7-5-12(6-8-13)16-18-10-9-14(19-16)17(21)23-4-2/h5-10H,3-4,11H2,1-2H3. The van der Waals surface area contributed by atoms with Gasteiger partial charge in [0, 0.05) is 11.8 Å². The minimum Gasteiger partial charge on any atom is -0.482 e. The van der Waals surface area contributed by atoms with E-state index < -0.39 is 11.9 Å². The molecule has 0 aliphatic rings. The molecule has 1 aromatic carbocycles. The van der Waals surface area contributed by atoms with Crippen LogP contribution in [0.4, 0.5) is 0 Å². The Morgan fingerprint density at radius 2 is 1.71 bits per heavy atom. The number of esters is 2. The van der Waals surface area contributed by atoms with E-state index in [1.807, 2.05) is 0 Å². The van der Waals surface area contributed by atoms with Crippen LogP contribution in [0.2, 0.25) is 0 Å². The Labute approximate surface area is 139 Å². The molecule has 0 saturated heterocycles. The summed E-state index contributed by atoms with van der Waals surface area (Å²) in [5, 5.41) is 0. The third kappa shape index (κ3) is 4.77. The normalized spacial score (nSPS) is 10.1. The van der Waals surface area contributed by atoms with Gasteiger partial charge in [0.15, 0.2) is 18.1 Å². The molecule has 126 valence electrons. The molecule has 0 radical (unpaired) electrons. The van der Waals surface area contributed by atoms with Crippen LogP contribution in [0.5, 0.6) is 5.75 Å². The van der Waals surface area contributed by atoms with Crippen molar-refractivity contribution in [2.24, 2.45) is 0 Å². The Morgan fingerprint density at radius 3 is 2.38 bits per heavy atom. The largest absolute Gasteiger partial charge is 0.482 e. The molecule has 0 saturated carbocycles. The number of benzene rings is 1. The van der Waals surface area contributed by atoms with Crippen LogP contribution in [0.1, 0.15) is 24.3 Å². The van der Waals surface area contributed by atoms with Crippen molar-refractivity contribution in [2.75, 3.05) is 19.8 Å². The third-order valence-electron chi connectivity index (χ3n) is 2.91. The lowest BCUT2D eigenvalue weighted by Gasteiger charge is -2.07. The van der Waals surface area contributed by atoms with Gasteiger partial charge < -0.3 is 14.2 Å². The molecule has 2 rings (SSSR count). The van der Waals surface area contributed by atoms with Crippen LogP contribution in [-0.2, 0) is 14.3 Å². The quantitative estimate of drug-likeness (QED) is 0.720.